The van der Waals surface area contributed by atoms with E-state index in [1.54, 1.807) is 0 Å². The summed E-state index contributed by atoms with van der Waals surface area (Å²) >= 11 is 0. The Morgan fingerprint density at radius 2 is 2.17 bits per heavy atom. The normalized spacial score (nSPS) is 20.2. The molecule has 0 saturated carbocycles. The van der Waals surface area contributed by atoms with Crippen LogP contribution in [0.5, 0.6) is 0 Å². The van der Waals surface area contributed by atoms with Crippen molar-refractivity contribution in [2.24, 2.45) is 5.73 Å². The molecule has 0 unspecified atom stereocenters. The number of nitrogens with zero attached hydrogens (tertiary/aromatic N) is 1. The van der Waals surface area contributed by atoms with E-state index in [1.165, 1.54) is 0 Å². The number of nitrogens with one attached hydrogen (secondary N) is 1. The monoisotopic (exact) mass is 163 g/mol. The Hall–Kier alpha value is -1.09. The van der Waals surface area contributed by atoms with E-state index in [4.69, 9.17) is 5.73 Å². The Balaban J connectivity index is 2.36. The van der Waals surface area contributed by atoms with Crippen LogP contribution in [0, 0.1) is 6.92 Å². The van der Waals surface area contributed by atoms with E-state index in [2.05, 4.69) is 22.3 Å². The van der Waals surface area contributed by atoms with Crippen LogP contribution >= 0.6 is 0 Å². The van der Waals surface area contributed by atoms with Gasteiger partial charge in [0.1, 0.15) is 0 Å². The predicted molar refractivity (Wildman–Crippen MR) is 47.6 cm³/mol. The van der Waals surface area contributed by atoms with Gasteiger partial charge < -0.3 is 5.73 Å². The van der Waals surface area contributed by atoms with Crippen molar-refractivity contribution in [3.05, 3.63) is 29.6 Å². The summed E-state index contributed by atoms with van der Waals surface area (Å²) in [5, 5.41) is 6.95. The molecule has 0 atom stereocenters. The topological polar surface area (TPSA) is 54.7 Å². The predicted octanol–water partition coefficient (Wildman–Crippen LogP) is 1.22. The smallest absolute Gasteiger partial charge is 0.0650 e. The molecular formula is C9H13N3. The summed E-state index contributed by atoms with van der Waals surface area (Å²) in [6.45, 7) is 2.03. The Morgan fingerprint density at radius 3 is 2.67 bits per heavy atom. The molecule has 0 spiro atoms. The van der Waals surface area contributed by atoms with Crippen molar-refractivity contribution in [2.75, 3.05) is 0 Å². The van der Waals surface area contributed by atoms with E-state index in [9.17, 15) is 0 Å². The third-order valence-electron chi connectivity index (χ3n) is 2.46. The number of rotatable bonds is 1. The molecule has 0 saturated heterocycles. The lowest BCUT2D eigenvalue weighted by Gasteiger charge is -2.22. The van der Waals surface area contributed by atoms with Crippen LogP contribution in [0.1, 0.15) is 24.1 Å². The first kappa shape index (κ1) is 7.55. The number of aromatic amines is 1. The lowest BCUT2D eigenvalue weighted by molar-refractivity contribution is 0.461. The molecule has 1 aliphatic rings. The third-order valence-corrected chi connectivity index (χ3v) is 2.46. The van der Waals surface area contributed by atoms with Gasteiger partial charge in [-0.1, -0.05) is 12.2 Å². The maximum atomic E-state index is 6.19. The van der Waals surface area contributed by atoms with E-state index in [-0.39, 0.29) is 5.54 Å². The average Bonchev–Trinajstić information content (AvgIpc) is 2.59. The number of nitrogens with two attached hydrogens (primary N) is 1. The van der Waals surface area contributed by atoms with Crippen molar-refractivity contribution in [1.82, 2.24) is 10.2 Å². The molecule has 0 fully saturated rings. The van der Waals surface area contributed by atoms with Gasteiger partial charge in [0, 0.05) is 0 Å². The second-order valence-corrected chi connectivity index (χ2v) is 3.46. The molecule has 12 heavy (non-hydrogen) atoms. The highest BCUT2D eigenvalue weighted by molar-refractivity contribution is 5.27. The zero-order valence-electron chi connectivity index (χ0n) is 7.17. The van der Waals surface area contributed by atoms with Crippen molar-refractivity contribution >= 4 is 0 Å². The highest BCUT2D eigenvalue weighted by atomic mass is 15.1. The Morgan fingerprint density at radius 1 is 1.50 bits per heavy atom. The van der Waals surface area contributed by atoms with Gasteiger partial charge in [-0.25, -0.2) is 0 Å². The Labute approximate surface area is 71.7 Å². The highest BCUT2D eigenvalue weighted by Crippen LogP contribution is 2.31. The fraction of sp³-hybridized carbons (Fsp3) is 0.444. The minimum Gasteiger partial charge on any atom is -0.320 e. The molecule has 2 rings (SSSR count). The molecular weight excluding hydrogens is 150 g/mol. The summed E-state index contributed by atoms with van der Waals surface area (Å²) < 4.78 is 0. The number of H-pyrrole nitrogens is 1. The van der Waals surface area contributed by atoms with E-state index in [1.807, 2.05) is 13.1 Å². The van der Waals surface area contributed by atoms with Gasteiger partial charge >= 0.3 is 0 Å². The lowest BCUT2D eigenvalue weighted by atomic mass is 9.92. The van der Waals surface area contributed by atoms with Gasteiger partial charge in [-0.3, -0.25) is 5.10 Å². The molecule has 1 heterocycles. The van der Waals surface area contributed by atoms with E-state index in [0.717, 1.165) is 24.1 Å². The maximum absolute atomic E-state index is 6.19. The van der Waals surface area contributed by atoms with Crippen LogP contribution in [0.4, 0.5) is 0 Å². The second kappa shape index (κ2) is 2.45. The molecule has 0 radical (unpaired) electrons. The summed E-state index contributed by atoms with van der Waals surface area (Å²) in [6.07, 6.45) is 7.90. The van der Waals surface area contributed by atoms with Gasteiger partial charge in [0.05, 0.1) is 17.4 Å². The average molecular weight is 163 g/mol. The summed E-state index contributed by atoms with van der Waals surface area (Å²) in [5.74, 6) is 0. The first-order valence-electron chi connectivity index (χ1n) is 4.17. The van der Waals surface area contributed by atoms with Gasteiger partial charge in [-0.05, 0) is 25.3 Å². The summed E-state index contributed by atoms with van der Waals surface area (Å²) in [6, 6.07) is 0. The molecule has 1 aromatic heterocycles. The number of aromatic nitrogens is 2. The standard InChI is InChI=1S/C9H13N3/c1-7-6-11-12-8(7)9(10)4-2-3-5-9/h2-3,6H,4-5,10H2,1H3,(H,11,12). The summed E-state index contributed by atoms with van der Waals surface area (Å²) in [7, 11) is 0. The molecule has 64 valence electrons. The van der Waals surface area contributed by atoms with Crippen LogP contribution in [0.2, 0.25) is 0 Å². The van der Waals surface area contributed by atoms with Gasteiger partial charge in [0.15, 0.2) is 0 Å². The lowest BCUT2D eigenvalue weighted by Crippen LogP contribution is -2.34. The van der Waals surface area contributed by atoms with Gasteiger partial charge in [0.25, 0.3) is 0 Å². The Kier molecular flexibility index (Phi) is 1.54. The zero-order chi connectivity index (χ0) is 8.60. The zero-order valence-corrected chi connectivity index (χ0v) is 7.17. The summed E-state index contributed by atoms with van der Waals surface area (Å²) in [4.78, 5) is 0. The molecule has 0 aliphatic heterocycles. The first-order chi connectivity index (χ1) is 5.72. The van der Waals surface area contributed by atoms with E-state index in [0.29, 0.717) is 0 Å². The molecule has 3 nitrogen and oxygen atoms in total. The number of hydrogen-bond donors (Lipinski definition) is 2. The van der Waals surface area contributed by atoms with Crippen molar-refractivity contribution in [1.29, 1.82) is 0 Å². The SMILES string of the molecule is Cc1cn[nH]c1C1(N)CC=CC1. The van der Waals surface area contributed by atoms with Crippen molar-refractivity contribution in [2.45, 2.75) is 25.3 Å². The van der Waals surface area contributed by atoms with E-state index < -0.39 is 0 Å². The van der Waals surface area contributed by atoms with Crippen molar-refractivity contribution in [3.63, 3.8) is 0 Å². The quantitative estimate of drug-likeness (QED) is 0.612. The number of aryl methyl sites for hydroxylation is 1. The van der Waals surface area contributed by atoms with Crippen LogP contribution < -0.4 is 5.73 Å². The number of hydrogen-bond acceptors (Lipinski definition) is 2. The maximum Gasteiger partial charge on any atom is 0.0650 e. The third kappa shape index (κ3) is 0.975. The Bertz CT molecular complexity index is 303. The highest BCUT2D eigenvalue weighted by Gasteiger charge is 2.30. The fourth-order valence-corrected chi connectivity index (χ4v) is 1.73. The van der Waals surface area contributed by atoms with Crippen molar-refractivity contribution < 1.29 is 0 Å². The van der Waals surface area contributed by atoms with Crippen molar-refractivity contribution in [3.8, 4) is 0 Å². The molecule has 3 heteroatoms. The van der Waals surface area contributed by atoms with Crippen LogP contribution in [0.25, 0.3) is 0 Å². The minimum atomic E-state index is -0.222. The molecule has 0 aromatic carbocycles. The molecule has 1 aromatic rings. The van der Waals surface area contributed by atoms with Crippen LogP contribution in [0.15, 0.2) is 18.3 Å². The summed E-state index contributed by atoms with van der Waals surface area (Å²) in [5.41, 5.74) is 8.20. The minimum absolute atomic E-state index is 0.222. The fourth-order valence-electron chi connectivity index (χ4n) is 1.73. The second-order valence-electron chi connectivity index (χ2n) is 3.46. The molecule has 0 bridgehead atoms. The van der Waals surface area contributed by atoms with Gasteiger partial charge in [-0.15, -0.1) is 0 Å². The van der Waals surface area contributed by atoms with Crippen LogP contribution in [-0.4, -0.2) is 10.2 Å². The largest absolute Gasteiger partial charge is 0.320 e. The van der Waals surface area contributed by atoms with Gasteiger partial charge in [0.2, 0.25) is 0 Å². The molecule has 3 N–H and O–H groups in total. The first-order valence-corrected chi connectivity index (χ1v) is 4.17. The van der Waals surface area contributed by atoms with E-state index >= 15 is 0 Å². The molecule has 1 aliphatic carbocycles. The van der Waals surface area contributed by atoms with Crippen LogP contribution in [-0.2, 0) is 5.54 Å². The van der Waals surface area contributed by atoms with Crippen LogP contribution in [0.3, 0.4) is 0 Å². The molecule has 0 amide bonds. The van der Waals surface area contributed by atoms with Gasteiger partial charge in [-0.2, -0.15) is 5.10 Å².